The van der Waals surface area contributed by atoms with Gasteiger partial charge in [0, 0.05) is 25.2 Å². The average Bonchev–Trinajstić information content (AvgIpc) is 3.75. The number of carbonyl (C=O) groups excluding carboxylic acids is 2. The maximum Gasteiger partial charge on any atom is 0.305 e. The zero-order valence-electron chi connectivity index (χ0n) is 22.2. The molecule has 7 heteroatoms. The number of ether oxygens (including phenoxy) is 4. The van der Waals surface area contributed by atoms with Crippen molar-refractivity contribution in [3.05, 3.63) is 47.0 Å². The number of epoxide rings is 2. The Kier molecular flexibility index (Phi) is 4.75. The molecule has 0 amide bonds. The smallest absolute Gasteiger partial charge is 0.305 e. The molecule has 3 heterocycles. The largest absolute Gasteiger partial charge is 0.433 e. The number of aliphatic hydroxyl groups is 1. The summed E-state index contributed by atoms with van der Waals surface area (Å²) in [5.41, 5.74) is 0.784. The number of fused-ring (bicyclic) bond motifs is 9. The van der Waals surface area contributed by atoms with Gasteiger partial charge in [-0.15, -0.1) is 0 Å². The van der Waals surface area contributed by atoms with Gasteiger partial charge in [0.05, 0.1) is 17.6 Å². The third-order valence-electron chi connectivity index (χ3n) is 11.0. The van der Waals surface area contributed by atoms with Crippen molar-refractivity contribution in [1.82, 2.24) is 0 Å². The summed E-state index contributed by atoms with van der Waals surface area (Å²) in [5.74, 6) is -0.113. The standard InChI is InChI=1S/C30H36O7/c1-15(21-14-27(3)29(5,37-27)26(35-21)34-16(2)31)17-8-10-19-18(13-17)9-11-20-23(19)24-25(36-24)30(33)12-6-7-22(32)28(20,30)4/h6-8,10,13,15,20-21,23-26,33H,9,11-12,14H2,1-5H3/t15-,20-,21+,23-,24-,25-,26+,27-,28-,29+,30-/m0/s1. The van der Waals surface area contributed by atoms with Crippen LogP contribution < -0.4 is 0 Å². The molecule has 0 unspecified atom stereocenters. The van der Waals surface area contributed by atoms with Gasteiger partial charge in [-0.25, -0.2) is 0 Å². The number of hydrogen-bond donors (Lipinski definition) is 1. The first-order valence-corrected chi connectivity index (χ1v) is 13.7. The molecule has 0 radical (unpaired) electrons. The van der Waals surface area contributed by atoms with Gasteiger partial charge in [0.25, 0.3) is 0 Å². The van der Waals surface area contributed by atoms with E-state index in [1.165, 1.54) is 23.6 Å². The third kappa shape index (κ3) is 2.97. The van der Waals surface area contributed by atoms with Crippen LogP contribution in [0.5, 0.6) is 0 Å². The Bertz CT molecular complexity index is 1240. The molecule has 3 aliphatic heterocycles. The topological polar surface area (TPSA) is 97.9 Å². The molecule has 1 aromatic carbocycles. The van der Waals surface area contributed by atoms with E-state index in [-0.39, 0.29) is 53.4 Å². The quantitative estimate of drug-likeness (QED) is 0.491. The number of rotatable bonds is 3. The van der Waals surface area contributed by atoms with Crippen molar-refractivity contribution in [2.45, 2.75) is 114 Å². The van der Waals surface area contributed by atoms with E-state index in [4.69, 9.17) is 18.9 Å². The van der Waals surface area contributed by atoms with E-state index in [9.17, 15) is 14.7 Å². The minimum absolute atomic E-state index is 0.0264. The fraction of sp³-hybridized carbons (Fsp3) is 0.667. The molecule has 7 nitrogen and oxygen atoms in total. The Morgan fingerprint density at radius 1 is 1.22 bits per heavy atom. The van der Waals surface area contributed by atoms with Gasteiger partial charge >= 0.3 is 5.97 Å². The monoisotopic (exact) mass is 508 g/mol. The van der Waals surface area contributed by atoms with Crippen LogP contribution in [0.15, 0.2) is 30.4 Å². The molecule has 0 bridgehead atoms. The molecular formula is C30H36O7. The normalized spacial score (nSPS) is 49.5. The van der Waals surface area contributed by atoms with E-state index in [0.29, 0.717) is 6.42 Å². The predicted molar refractivity (Wildman–Crippen MR) is 133 cm³/mol. The van der Waals surface area contributed by atoms with Crippen LogP contribution in [0.3, 0.4) is 0 Å². The number of benzene rings is 1. The maximum atomic E-state index is 13.2. The van der Waals surface area contributed by atoms with Crippen molar-refractivity contribution in [2.75, 3.05) is 0 Å². The molecule has 0 spiro atoms. The second-order valence-corrected chi connectivity index (χ2v) is 12.8. The molecule has 1 saturated carbocycles. The summed E-state index contributed by atoms with van der Waals surface area (Å²) in [6.45, 7) is 9.53. The first-order valence-electron chi connectivity index (χ1n) is 13.7. The van der Waals surface area contributed by atoms with Crippen LogP contribution in [0, 0.1) is 11.3 Å². The average molecular weight is 509 g/mol. The number of ketones is 1. The van der Waals surface area contributed by atoms with Gasteiger partial charge in [0.1, 0.15) is 17.3 Å². The van der Waals surface area contributed by atoms with E-state index in [2.05, 4.69) is 32.0 Å². The highest BCUT2D eigenvalue weighted by Gasteiger charge is 2.75. The highest BCUT2D eigenvalue weighted by atomic mass is 16.8. The molecule has 7 rings (SSSR count). The van der Waals surface area contributed by atoms with Gasteiger partial charge in [-0.1, -0.05) is 31.2 Å². The van der Waals surface area contributed by atoms with Gasteiger partial charge in [-0.2, -0.15) is 0 Å². The molecule has 1 N–H and O–H groups in total. The minimum atomic E-state index is -1.12. The molecule has 3 aliphatic carbocycles. The molecule has 1 aromatic rings. The summed E-state index contributed by atoms with van der Waals surface area (Å²) in [6.07, 6.45) is 5.18. The van der Waals surface area contributed by atoms with Crippen molar-refractivity contribution in [3.8, 4) is 0 Å². The summed E-state index contributed by atoms with van der Waals surface area (Å²) in [5, 5.41) is 11.7. The first kappa shape index (κ1) is 24.0. The summed E-state index contributed by atoms with van der Waals surface area (Å²) in [7, 11) is 0. The van der Waals surface area contributed by atoms with Crippen molar-refractivity contribution >= 4 is 11.8 Å². The molecule has 3 saturated heterocycles. The van der Waals surface area contributed by atoms with Gasteiger partial charge < -0.3 is 24.1 Å². The summed E-state index contributed by atoms with van der Waals surface area (Å²) in [6, 6.07) is 6.66. The van der Waals surface area contributed by atoms with Gasteiger partial charge in [-0.05, 0) is 68.7 Å². The van der Waals surface area contributed by atoms with Crippen molar-refractivity contribution in [3.63, 3.8) is 0 Å². The molecular weight excluding hydrogens is 472 g/mol. The minimum Gasteiger partial charge on any atom is -0.433 e. The van der Waals surface area contributed by atoms with Gasteiger partial charge in [-0.3, -0.25) is 9.59 Å². The SMILES string of the molecule is CC(=O)O[C@@H]1O[C@@H]([C@@H](C)c2ccc3c(c2)CC[C@H]2[C@H]3[C@@H]3O[C@@H]3[C@@]3(O)CC=CC(=O)[C@]23C)C[C@]2(C)O[C@]12C. The third-order valence-corrected chi connectivity index (χ3v) is 11.0. The van der Waals surface area contributed by atoms with Crippen LogP contribution >= 0.6 is 0 Å². The molecule has 0 aromatic heterocycles. The van der Waals surface area contributed by atoms with Crippen LogP contribution in [0.4, 0.5) is 0 Å². The zero-order chi connectivity index (χ0) is 26.1. The highest BCUT2D eigenvalue weighted by Crippen LogP contribution is 2.66. The molecule has 37 heavy (non-hydrogen) atoms. The number of hydrogen-bond acceptors (Lipinski definition) is 7. The first-order chi connectivity index (χ1) is 17.4. The number of aryl methyl sites for hydroxylation is 1. The highest BCUT2D eigenvalue weighted by molar-refractivity contribution is 5.97. The Morgan fingerprint density at radius 3 is 2.76 bits per heavy atom. The molecule has 4 fully saturated rings. The van der Waals surface area contributed by atoms with Crippen molar-refractivity contribution < 1.29 is 33.6 Å². The summed E-state index contributed by atoms with van der Waals surface area (Å²) < 4.78 is 24.0. The maximum absolute atomic E-state index is 13.2. The fourth-order valence-corrected chi connectivity index (χ4v) is 8.36. The lowest BCUT2D eigenvalue weighted by Crippen LogP contribution is -2.65. The van der Waals surface area contributed by atoms with E-state index < -0.39 is 22.9 Å². The molecule has 11 atom stereocenters. The van der Waals surface area contributed by atoms with E-state index in [1.807, 2.05) is 19.9 Å². The van der Waals surface area contributed by atoms with Crippen LogP contribution in [0.1, 0.15) is 82.4 Å². The lowest BCUT2D eigenvalue weighted by atomic mass is 9.48. The van der Waals surface area contributed by atoms with Crippen molar-refractivity contribution in [1.29, 1.82) is 0 Å². The van der Waals surface area contributed by atoms with E-state index in [1.54, 1.807) is 6.08 Å². The van der Waals surface area contributed by atoms with E-state index in [0.717, 1.165) is 19.3 Å². The number of carbonyl (C=O) groups is 2. The van der Waals surface area contributed by atoms with Crippen LogP contribution in [-0.2, 0) is 35.0 Å². The van der Waals surface area contributed by atoms with Gasteiger partial charge in [0.2, 0.25) is 6.29 Å². The Hall–Kier alpha value is -2.06. The number of esters is 1. The Labute approximate surface area is 217 Å². The van der Waals surface area contributed by atoms with Gasteiger partial charge in [0.15, 0.2) is 11.4 Å². The van der Waals surface area contributed by atoms with E-state index >= 15 is 0 Å². The van der Waals surface area contributed by atoms with Crippen LogP contribution in [0.2, 0.25) is 0 Å². The fourth-order valence-electron chi connectivity index (χ4n) is 8.36. The summed E-state index contributed by atoms with van der Waals surface area (Å²) in [4.78, 5) is 24.9. The van der Waals surface area contributed by atoms with Crippen LogP contribution in [0.25, 0.3) is 0 Å². The lowest BCUT2D eigenvalue weighted by molar-refractivity contribution is -0.215. The Morgan fingerprint density at radius 2 is 2.00 bits per heavy atom. The number of allylic oxidation sites excluding steroid dienone is 1. The molecule has 198 valence electrons. The molecule has 6 aliphatic rings. The second-order valence-electron chi connectivity index (χ2n) is 12.8. The summed E-state index contributed by atoms with van der Waals surface area (Å²) >= 11 is 0. The predicted octanol–water partition coefficient (Wildman–Crippen LogP) is 3.71. The van der Waals surface area contributed by atoms with Crippen LogP contribution in [-0.4, -0.2) is 58.3 Å². The zero-order valence-corrected chi connectivity index (χ0v) is 22.2. The van der Waals surface area contributed by atoms with Crippen molar-refractivity contribution in [2.24, 2.45) is 11.3 Å². The lowest BCUT2D eigenvalue weighted by Gasteiger charge is -2.55. The second kappa shape index (κ2) is 7.32. The Balaban J connectivity index is 1.18.